The standard InChI is InChI=1S/C21H37N5O2S/c1-7-22-21(23-13-15(4)26-11-9-14(3)10-12-26)25-17(6)19-24-16(5)18(29-19)20(27)28-8-2/h14-15,17H,7-13H2,1-6H3,(H2,22,23,25). The van der Waals surface area contributed by atoms with Crippen LogP contribution in [-0.4, -0.2) is 60.6 Å². The Labute approximate surface area is 179 Å². The molecule has 1 aliphatic rings. The minimum absolute atomic E-state index is 0.0502. The zero-order valence-electron chi connectivity index (χ0n) is 18.7. The number of thiazole rings is 1. The maximum atomic E-state index is 12.1. The van der Waals surface area contributed by atoms with E-state index in [0.717, 1.165) is 43.1 Å². The molecule has 1 aliphatic heterocycles. The second-order valence-electron chi connectivity index (χ2n) is 7.84. The molecular formula is C21H37N5O2S. The molecule has 0 amide bonds. The fourth-order valence-electron chi connectivity index (χ4n) is 3.38. The van der Waals surface area contributed by atoms with Gasteiger partial charge in [0.2, 0.25) is 0 Å². The fraction of sp³-hybridized carbons (Fsp3) is 0.762. The van der Waals surface area contributed by atoms with Crippen molar-refractivity contribution in [1.82, 2.24) is 20.5 Å². The number of piperidine rings is 1. The first kappa shape index (κ1) is 23.6. The molecule has 1 aromatic rings. The Balaban J connectivity index is 1.99. The molecule has 29 heavy (non-hydrogen) atoms. The molecule has 2 unspecified atom stereocenters. The van der Waals surface area contributed by atoms with Gasteiger partial charge in [-0.1, -0.05) is 6.92 Å². The number of guanidine groups is 1. The van der Waals surface area contributed by atoms with Crippen LogP contribution in [0.5, 0.6) is 0 Å². The Hall–Kier alpha value is -1.67. The number of hydrogen-bond acceptors (Lipinski definition) is 6. The Morgan fingerprint density at radius 1 is 1.34 bits per heavy atom. The van der Waals surface area contributed by atoms with Crippen molar-refractivity contribution in [2.75, 3.05) is 32.8 Å². The van der Waals surface area contributed by atoms with Crippen LogP contribution in [0.25, 0.3) is 0 Å². The van der Waals surface area contributed by atoms with E-state index in [1.54, 1.807) is 0 Å². The molecule has 0 bridgehead atoms. The largest absolute Gasteiger partial charge is 0.462 e. The molecule has 1 saturated heterocycles. The van der Waals surface area contributed by atoms with Gasteiger partial charge >= 0.3 is 5.97 Å². The summed E-state index contributed by atoms with van der Waals surface area (Å²) >= 11 is 1.38. The molecular weight excluding hydrogens is 386 g/mol. The molecule has 164 valence electrons. The van der Waals surface area contributed by atoms with E-state index >= 15 is 0 Å². The van der Waals surface area contributed by atoms with Crippen LogP contribution < -0.4 is 10.6 Å². The van der Waals surface area contributed by atoms with E-state index in [1.165, 1.54) is 24.2 Å². The van der Waals surface area contributed by atoms with E-state index in [4.69, 9.17) is 9.73 Å². The smallest absolute Gasteiger partial charge is 0.350 e. The molecule has 0 saturated carbocycles. The SMILES string of the molecule is CCNC(=NCC(C)N1CCC(C)CC1)NC(C)c1nc(C)c(C(=O)OCC)s1. The van der Waals surface area contributed by atoms with Gasteiger partial charge in [-0.25, -0.2) is 9.78 Å². The predicted molar refractivity (Wildman–Crippen MR) is 120 cm³/mol. The van der Waals surface area contributed by atoms with Gasteiger partial charge < -0.3 is 15.4 Å². The summed E-state index contributed by atoms with van der Waals surface area (Å²) in [5.74, 6) is 1.32. The quantitative estimate of drug-likeness (QED) is 0.379. The van der Waals surface area contributed by atoms with Crippen molar-refractivity contribution in [3.8, 4) is 0 Å². The molecule has 2 heterocycles. The van der Waals surface area contributed by atoms with Crippen LogP contribution >= 0.6 is 11.3 Å². The zero-order valence-corrected chi connectivity index (χ0v) is 19.6. The second-order valence-corrected chi connectivity index (χ2v) is 8.87. The van der Waals surface area contributed by atoms with Crippen LogP contribution in [0.15, 0.2) is 4.99 Å². The number of nitrogens with zero attached hydrogens (tertiary/aromatic N) is 3. The summed E-state index contributed by atoms with van der Waals surface area (Å²) in [6.07, 6.45) is 2.55. The highest BCUT2D eigenvalue weighted by Gasteiger charge is 2.22. The van der Waals surface area contributed by atoms with Crippen molar-refractivity contribution in [3.05, 3.63) is 15.6 Å². The lowest BCUT2D eigenvalue weighted by Gasteiger charge is -2.34. The monoisotopic (exact) mass is 423 g/mol. The van der Waals surface area contributed by atoms with Crippen molar-refractivity contribution in [2.24, 2.45) is 10.9 Å². The molecule has 1 aromatic heterocycles. The summed E-state index contributed by atoms with van der Waals surface area (Å²) in [5.41, 5.74) is 0.715. The van der Waals surface area contributed by atoms with Crippen LogP contribution in [0.2, 0.25) is 0 Å². The highest BCUT2D eigenvalue weighted by atomic mass is 32.1. The number of carbonyl (C=O) groups is 1. The van der Waals surface area contributed by atoms with Crippen molar-refractivity contribution in [3.63, 3.8) is 0 Å². The van der Waals surface area contributed by atoms with E-state index in [2.05, 4.69) is 41.3 Å². The average Bonchev–Trinajstić information content (AvgIpc) is 3.08. The second kappa shape index (κ2) is 11.5. The van der Waals surface area contributed by atoms with E-state index < -0.39 is 0 Å². The van der Waals surface area contributed by atoms with Crippen molar-refractivity contribution < 1.29 is 9.53 Å². The summed E-state index contributed by atoms with van der Waals surface area (Å²) in [6, 6.07) is 0.372. The van der Waals surface area contributed by atoms with Gasteiger partial charge in [0.15, 0.2) is 5.96 Å². The number of likely N-dealkylation sites (tertiary alicyclic amines) is 1. The lowest BCUT2D eigenvalue weighted by Crippen LogP contribution is -2.43. The Bertz CT molecular complexity index is 683. The molecule has 2 rings (SSSR count). The highest BCUT2D eigenvalue weighted by molar-refractivity contribution is 7.13. The summed E-state index contributed by atoms with van der Waals surface area (Å²) in [4.78, 5) is 24.5. The molecule has 2 N–H and O–H groups in total. The van der Waals surface area contributed by atoms with E-state index in [0.29, 0.717) is 23.2 Å². The first-order valence-corrected chi connectivity index (χ1v) is 11.6. The Kier molecular flexibility index (Phi) is 9.36. The lowest BCUT2D eigenvalue weighted by atomic mass is 9.98. The van der Waals surface area contributed by atoms with Gasteiger partial charge in [0.25, 0.3) is 0 Å². The minimum atomic E-state index is -0.300. The topological polar surface area (TPSA) is 78.9 Å². The van der Waals surface area contributed by atoms with Gasteiger partial charge in [-0.3, -0.25) is 9.89 Å². The number of nitrogens with one attached hydrogen (secondary N) is 2. The molecule has 0 aromatic carbocycles. The van der Waals surface area contributed by atoms with E-state index in [-0.39, 0.29) is 12.0 Å². The molecule has 1 fully saturated rings. The number of rotatable bonds is 8. The number of aromatic nitrogens is 1. The van der Waals surface area contributed by atoms with Crippen molar-refractivity contribution >= 4 is 23.3 Å². The average molecular weight is 424 g/mol. The van der Waals surface area contributed by atoms with Crippen LogP contribution in [0, 0.1) is 12.8 Å². The number of carbonyl (C=O) groups excluding carboxylic acids is 1. The summed E-state index contributed by atoms with van der Waals surface area (Å²) < 4.78 is 5.12. The van der Waals surface area contributed by atoms with Gasteiger partial charge in [-0.05, 0) is 66.5 Å². The minimum Gasteiger partial charge on any atom is -0.462 e. The van der Waals surface area contributed by atoms with Crippen LogP contribution in [0.1, 0.15) is 73.9 Å². The molecule has 0 aliphatic carbocycles. The normalized spacial score (nSPS) is 18.3. The fourth-order valence-corrected chi connectivity index (χ4v) is 4.35. The molecule has 8 heteroatoms. The van der Waals surface area contributed by atoms with Crippen molar-refractivity contribution in [2.45, 2.75) is 66.5 Å². The molecule has 2 atom stereocenters. The van der Waals surface area contributed by atoms with Crippen LogP contribution in [0.3, 0.4) is 0 Å². The van der Waals surface area contributed by atoms with Gasteiger partial charge in [0.05, 0.1) is 24.9 Å². The van der Waals surface area contributed by atoms with Gasteiger partial charge in [-0.2, -0.15) is 0 Å². The van der Waals surface area contributed by atoms with Gasteiger partial charge in [-0.15, -0.1) is 11.3 Å². The van der Waals surface area contributed by atoms with Crippen LogP contribution in [0.4, 0.5) is 0 Å². The zero-order chi connectivity index (χ0) is 21.4. The molecule has 7 nitrogen and oxygen atoms in total. The number of esters is 1. The Morgan fingerprint density at radius 2 is 2.03 bits per heavy atom. The first-order valence-electron chi connectivity index (χ1n) is 10.8. The highest BCUT2D eigenvalue weighted by Crippen LogP contribution is 2.24. The maximum absolute atomic E-state index is 12.1. The lowest BCUT2D eigenvalue weighted by molar-refractivity contribution is 0.0531. The van der Waals surface area contributed by atoms with Crippen LogP contribution in [-0.2, 0) is 4.74 Å². The maximum Gasteiger partial charge on any atom is 0.350 e. The predicted octanol–water partition coefficient (Wildman–Crippen LogP) is 3.36. The third-order valence-electron chi connectivity index (χ3n) is 5.30. The van der Waals surface area contributed by atoms with Gasteiger partial charge in [0.1, 0.15) is 9.88 Å². The molecule has 0 spiro atoms. The first-order chi connectivity index (χ1) is 13.8. The number of aliphatic imine (C=N–C) groups is 1. The van der Waals surface area contributed by atoms with E-state index in [9.17, 15) is 4.79 Å². The molecule has 0 radical (unpaired) electrons. The summed E-state index contributed by atoms with van der Waals surface area (Å²) in [7, 11) is 0. The summed E-state index contributed by atoms with van der Waals surface area (Å²) in [6.45, 7) is 16.6. The van der Waals surface area contributed by atoms with Crippen molar-refractivity contribution in [1.29, 1.82) is 0 Å². The summed E-state index contributed by atoms with van der Waals surface area (Å²) in [5, 5.41) is 7.60. The third-order valence-corrected chi connectivity index (χ3v) is 6.62. The Morgan fingerprint density at radius 3 is 2.66 bits per heavy atom. The third kappa shape index (κ3) is 6.96. The number of aryl methyl sites for hydroxylation is 1. The number of ether oxygens (including phenoxy) is 1. The number of hydrogen-bond donors (Lipinski definition) is 2. The van der Waals surface area contributed by atoms with E-state index in [1.807, 2.05) is 20.8 Å². The van der Waals surface area contributed by atoms with Gasteiger partial charge in [0, 0.05) is 12.6 Å².